The van der Waals surface area contributed by atoms with Crippen molar-refractivity contribution in [2.24, 2.45) is 0 Å². The summed E-state index contributed by atoms with van der Waals surface area (Å²) in [5, 5.41) is 9.24. The van der Waals surface area contributed by atoms with E-state index >= 15 is 0 Å². The fourth-order valence-corrected chi connectivity index (χ4v) is 2.40. The minimum atomic E-state index is 0.163. The van der Waals surface area contributed by atoms with Crippen LogP contribution in [0.5, 0.6) is 5.75 Å². The van der Waals surface area contributed by atoms with Gasteiger partial charge in [0, 0.05) is 36.1 Å². The molecule has 1 fully saturated rings. The molecule has 0 amide bonds. The minimum Gasteiger partial charge on any atom is -0.493 e. The summed E-state index contributed by atoms with van der Waals surface area (Å²) in [6.07, 6.45) is 4.64. The third kappa shape index (κ3) is 3.53. The Kier molecular flexibility index (Phi) is 4.91. The van der Waals surface area contributed by atoms with Gasteiger partial charge in [0.25, 0.3) is 0 Å². The van der Waals surface area contributed by atoms with Crippen molar-refractivity contribution in [3.63, 3.8) is 0 Å². The molecule has 4 heteroatoms. The summed E-state index contributed by atoms with van der Waals surface area (Å²) >= 11 is 0. The van der Waals surface area contributed by atoms with E-state index in [1.165, 1.54) is 19.3 Å². The van der Waals surface area contributed by atoms with Gasteiger partial charge in [0.1, 0.15) is 5.75 Å². The lowest BCUT2D eigenvalue weighted by Crippen LogP contribution is -2.42. The highest BCUT2D eigenvalue weighted by Crippen LogP contribution is 2.32. The molecule has 2 rings (SSSR count). The highest BCUT2D eigenvalue weighted by atomic mass is 16.5. The van der Waals surface area contributed by atoms with Crippen molar-refractivity contribution in [2.45, 2.75) is 38.6 Å². The second-order valence-corrected chi connectivity index (χ2v) is 5.11. The predicted molar refractivity (Wildman–Crippen MR) is 78.7 cm³/mol. The SMILES string of the molecule is CCCOc1cc(N)cc(N(CCO)C2CCC2)c1. The van der Waals surface area contributed by atoms with Gasteiger partial charge in [-0.3, -0.25) is 0 Å². The number of hydrogen-bond acceptors (Lipinski definition) is 4. The lowest BCUT2D eigenvalue weighted by atomic mass is 9.91. The Hall–Kier alpha value is -1.42. The number of rotatable bonds is 7. The maximum Gasteiger partial charge on any atom is 0.123 e. The number of hydrogen-bond donors (Lipinski definition) is 2. The molecular formula is C15H24N2O2. The second-order valence-electron chi connectivity index (χ2n) is 5.11. The van der Waals surface area contributed by atoms with Crippen LogP contribution in [0.1, 0.15) is 32.6 Å². The smallest absolute Gasteiger partial charge is 0.123 e. The fraction of sp³-hybridized carbons (Fsp3) is 0.600. The maximum atomic E-state index is 9.24. The Morgan fingerprint density at radius 3 is 2.74 bits per heavy atom. The largest absolute Gasteiger partial charge is 0.493 e. The Bertz CT molecular complexity index is 405. The molecule has 0 atom stereocenters. The summed E-state index contributed by atoms with van der Waals surface area (Å²) < 4.78 is 5.67. The average molecular weight is 264 g/mol. The van der Waals surface area contributed by atoms with E-state index in [4.69, 9.17) is 10.5 Å². The summed E-state index contributed by atoms with van der Waals surface area (Å²) in [5.74, 6) is 0.819. The zero-order chi connectivity index (χ0) is 13.7. The van der Waals surface area contributed by atoms with Gasteiger partial charge in [-0.1, -0.05) is 6.92 Å². The Morgan fingerprint density at radius 2 is 2.16 bits per heavy atom. The molecule has 1 saturated carbocycles. The molecule has 0 heterocycles. The molecule has 0 unspecified atom stereocenters. The molecule has 1 aliphatic carbocycles. The molecule has 1 aromatic carbocycles. The van der Waals surface area contributed by atoms with Crippen LogP contribution in [-0.2, 0) is 0 Å². The van der Waals surface area contributed by atoms with Gasteiger partial charge in [-0.2, -0.15) is 0 Å². The molecule has 3 N–H and O–H groups in total. The van der Waals surface area contributed by atoms with Crippen LogP contribution >= 0.6 is 0 Å². The van der Waals surface area contributed by atoms with Crippen molar-refractivity contribution < 1.29 is 9.84 Å². The van der Waals surface area contributed by atoms with Crippen molar-refractivity contribution in [1.82, 2.24) is 0 Å². The lowest BCUT2D eigenvalue weighted by Gasteiger charge is -2.39. The van der Waals surface area contributed by atoms with E-state index in [2.05, 4.69) is 11.8 Å². The summed E-state index contributed by atoms with van der Waals surface area (Å²) in [4.78, 5) is 2.25. The number of anilines is 2. The molecule has 1 aliphatic rings. The molecule has 1 aromatic rings. The third-order valence-electron chi connectivity index (χ3n) is 3.57. The zero-order valence-corrected chi connectivity index (χ0v) is 11.6. The standard InChI is InChI=1S/C15H24N2O2/c1-2-8-19-15-10-12(16)9-14(11-15)17(6-7-18)13-4-3-5-13/h9-11,13,18H,2-8,16H2,1H3. The highest BCUT2D eigenvalue weighted by molar-refractivity contribution is 5.61. The molecular weight excluding hydrogens is 240 g/mol. The van der Waals surface area contributed by atoms with Crippen LogP contribution in [0.2, 0.25) is 0 Å². The van der Waals surface area contributed by atoms with E-state index in [1.807, 2.05) is 18.2 Å². The van der Waals surface area contributed by atoms with Gasteiger partial charge in [0.2, 0.25) is 0 Å². The number of ether oxygens (including phenoxy) is 1. The molecule has 0 spiro atoms. The van der Waals surface area contributed by atoms with Crippen LogP contribution in [0.25, 0.3) is 0 Å². The van der Waals surface area contributed by atoms with Gasteiger partial charge in [-0.15, -0.1) is 0 Å². The van der Waals surface area contributed by atoms with E-state index < -0.39 is 0 Å². The van der Waals surface area contributed by atoms with Crippen molar-refractivity contribution in [3.8, 4) is 5.75 Å². The molecule has 0 saturated heterocycles. The third-order valence-corrected chi connectivity index (χ3v) is 3.57. The summed E-state index contributed by atoms with van der Waals surface area (Å²) in [5.41, 5.74) is 7.73. The van der Waals surface area contributed by atoms with Crippen molar-refractivity contribution >= 4 is 11.4 Å². The van der Waals surface area contributed by atoms with Gasteiger partial charge >= 0.3 is 0 Å². The molecule has 0 aromatic heterocycles. The monoisotopic (exact) mass is 264 g/mol. The highest BCUT2D eigenvalue weighted by Gasteiger charge is 2.25. The van der Waals surface area contributed by atoms with E-state index in [0.717, 1.165) is 17.9 Å². The Balaban J connectivity index is 2.17. The van der Waals surface area contributed by atoms with E-state index in [9.17, 15) is 5.11 Å². The summed E-state index contributed by atoms with van der Waals surface area (Å²) in [6.45, 7) is 3.60. The number of nitrogens with zero attached hydrogens (tertiary/aromatic N) is 1. The zero-order valence-electron chi connectivity index (χ0n) is 11.6. The maximum absolute atomic E-state index is 9.24. The van der Waals surface area contributed by atoms with Crippen molar-refractivity contribution in [1.29, 1.82) is 0 Å². The fourth-order valence-electron chi connectivity index (χ4n) is 2.40. The number of benzene rings is 1. The first-order valence-electron chi connectivity index (χ1n) is 7.15. The molecule has 4 nitrogen and oxygen atoms in total. The first-order valence-corrected chi connectivity index (χ1v) is 7.15. The van der Waals surface area contributed by atoms with Crippen molar-refractivity contribution in [2.75, 3.05) is 30.4 Å². The summed E-state index contributed by atoms with van der Waals surface area (Å²) in [7, 11) is 0. The molecule has 0 aliphatic heterocycles. The molecule has 106 valence electrons. The molecule has 0 radical (unpaired) electrons. The second kappa shape index (κ2) is 6.66. The van der Waals surface area contributed by atoms with Crippen LogP contribution < -0.4 is 15.4 Å². The Morgan fingerprint density at radius 1 is 1.37 bits per heavy atom. The van der Waals surface area contributed by atoms with Gasteiger partial charge in [0.05, 0.1) is 13.2 Å². The van der Waals surface area contributed by atoms with E-state index in [1.54, 1.807) is 0 Å². The first-order chi connectivity index (χ1) is 9.24. The average Bonchev–Trinajstić information content (AvgIpc) is 2.33. The predicted octanol–water partition coefficient (Wildman–Crippen LogP) is 2.41. The normalized spacial score (nSPS) is 15.1. The van der Waals surface area contributed by atoms with E-state index in [-0.39, 0.29) is 6.61 Å². The van der Waals surface area contributed by atoms with Gasteiger partial charge in [-0.05, 0) is 31.7 Å². The lowest BCUT2D eigenvalue weighted by molar-refractivity contribution is 0.283. The van der Waals surface area contributed by atoms with Gasteiger partial charge in [-0.25, -0.2) is 0 Å². The van der Waals surface area contributed by atoms with Crippen LogP contribution in [0.15, 0.2) is 18.2 Å². The van der Waals surface area contributed by atoms with Crippen molar-refractivity contribution in [3.05, 3.63) is 18.2 Å². The number of nitrogens with two attached hydrogens (primary N) is 1. The first kappa shape index (κ1) is 14.0. The van der Waals surface area contributed by atoms with Crippen LogP contribution in [0.4, 0.5) is 11.4 Å². The minimum absolute atomic E-state index is 0.163. The number of aliphatic hydroxyl groups excluding tert-OH is 1. The van der Waals surface area contributed by atoms with Gasteiger partial charge in [0.15, 0.2) is 0 Å². The number of aliphatic hydroxyl groups is 1. The van der Waals surface area contributed by atoms with Crippen LogP contribution in [0.3, 0.4) is 0 Å². The topological polar surface area (TPSA) is 58.7 Å². The van der Waals surface area contributed by atoms with Crippen LogP contribution in [0, 0.1) is 0 Å². The van der Waals surface area contributed by atoms with E-state index in [0.29, 0.717) is 24.9 Å². The Labute approximate surface area is 115 Å². The number of nitrogen functional groups attached to an aromatic ring is 1. The van der Waals surface area contributed by atoms with Gasteiger partial charge < -0.3 is 20.5 Å². The summed E-state index contributed by atoms with van der Waals surface area (Å²) in [6, 6.07) is 6.39. The molecule has 19 heavy (non-hydrogen) atoms. The molecule has 0 bridgehead atoms. The van der Waals surface area contributed by atoms with Crippen LogP contribution in [-0.4, -0.2) is 30.9 Å². The quantitative estimate of drug-likeness (QED) is 0.743.